The van der Waals surface area contributed by atoms with Gasteiger partial charge in [0, 0.05) is 28.0 Å². The molecule has 11 aromatic rings. The predicted molar refractivity (Wildman–Crippen MR) is 293 cm³/mol. The van der Waals surface area contributed by atoms with Crippen LogP contribution in [0.2, 0.25) is 0 Å². The van der Waals surface area contributed by atoms with E-state index in [0.29, 0.717) is 0 Å². The summed E-state index contributed by atoms with van der Waals surface area (Å²) in [4.78, 5) is 4.98. The molecule has 1 heterocycles. The van der Waals surface area contributed by atoms with Crippen LogP contribution in [0.3, 0.4) is 0 Å². The molecule has 330 valence electrons. The predicted octanol–water partition coefficient (Wildman–Crippen LogP) is 18.1. The second-order valence-electron chi connectivity index (χ2n) is 19.6. The highest BCUT2D eigenvalue weighted by molar-refractivity contribution is 6.02. The molecule has 0 aromatic heterocycles. The second kappa shape index (κ2) is 15.4. The molecule has 0 saturated carbocycles. The molecule has 0 atom stereocenters. The smallest absolute Gasteiger partial charge is 0.0755 e. The van der Waals surface area contributed by atoms with Gasteiger partial charge in [-0.15, -0.1) is 0 Å². The maximum atomic E-state index is 2.53. The summed E-state index contributed by atoms with van der Waals surface area (Å²) < 4.78 is 0. The van der Waals surface area contributed by atoms with E-state index in [0.717, 1.165) is 22.7 Å². The number of hydrogen-bond donors (Lipinski definition) is 0. The Morgan fingerprint density at radius 3 is 1.63 bits per heavy atom. The lowest BCUT2D eigenvalue weighted by Gasteiger charge is -2.45. The van der Waals surface area contributed by atoms with Gasteiger partial charge in [0.1, 0.15) is 0 Å². The molecule has 2 aliphatic carbocycles. The second-order valence-corrected chi connectivity index (χ2v) is 19.6. The van der Waals surface area contributed by atoms with Crippen molar-refractivity contribution in [3.63, 3.8) is 0 Å². The molecule has 0 N–H and O–H groups in total. The van der Waals surface area contributed by atoms with Gasteiger partial charge in [0.15, 0.2) is 0 Å². The van der Waals surface area contributed by atoms with Crippen molar-refractivity contribution in [2.75, 3.05) is 9.80 Å². The Bertz CT molecular complexity index is 3810. The van der Waals surface area contributed by atoms with Crippen molar-refractivity contribution in [1.82, 2.24) is 0 Å². The summed E-state index contributed by atoms with van der Waals surface area (Å²) in [6.07, 6.45) is 0. The van der Waals surface area contributed by atoms with Crippen molar-refractivity contribution < 1.29 is 0 Å². The Hall–Kier alpha value is -8.72. The van der Waals surface area contributed by atoms with Crippen LogP contribution in [0.25, 0.3) is 55.3 Å². The zero-order chi connectivity index (χ0) is 46.6. The van der Waals surface area contributed by atoms with Crippen LogP contribution in [0, 0.1) is 0 Å². The monoisotopic (exact) mass is 892 g/mol. The van der Waals surface area contributed by atoms with Crippen molar-refractivity contribution in [2.45, 2.75) is 24.7 Å². The van der Waals surface area contributed by atoms with Gasteiger partial charge in [-0.2, -0.15) is 0 Å². The molecule has 2 nitrogen and oxygen atoms in total. The van der Waals surface area contributed by atoms with Crippen LogP contribution in [0.5, 0.6) is 0 Å². The summed E-state index contributed by atoms with van der Waals surface area (Å²) in [5.74, 6) is 0. The van der Waals surface area contributed by atoms with Gasteiger partial charge in [-0.25, -0.2) is 0 Å². The van der Waals surface area contributed by atoms with Crippen molar-refractivity contribution in [2.24, 2.45) is 0 Å². The number of benzene rings is 11. The number of para-hydroxylation sites is 3. The summed E-state index contributed by atoms with van der Waals surface area (Å²) in [7, 11) is 0. The Morgan fingerprint density at radius 2 is 0.871 bits per heavy atom. The zero-order valence-electron chi connectivity index (χ0n) is 39.1. The van der Waals surface area contributed by atoms with Crippen LogP contribution in [-0.4, -0.2) is 0 Å². The van der Waals surface area contributed by atoms with Crippen LogP contribution >= 0.6 is 0 Å². The van der Waals surface area contributed by atoms with Gasteiger partial charge in [-0.05, 0) is 144 Å². The summed E-state index contributed by atoms with van der Waals surface area (Å²) in [5.41, 5.74) is 24.0. The molecule has 70 heavy (non-hydrogen) atoms. The summed E-state index contributed by atoms with van der Waals surface area (Å²) in [6.45, 7) is 4.81. The molecule has 0 saturated heterocycles. The average Bonchev–Trinajstić information content (AvgIpc) is 3.84. The molecule has 1 aliphatic heterocycles. The maximum Gasteiger partial charge on any atom is 0.0755 e. The van der Waals surface area contributed by atoms with Crippen LogP contribution in [0.15, 0.2) is 255 Å². The topological polar surface area (TPSA) is 6.48 Å². The lowest BCUT2D eigenvalue weighted by Crippen LogP contribution is -2.36. The van der Waals surface area contributed by atoms with Gasteiger partial charge >= 0.3 is 0 Å². The number of hydrogen-bond acceptors (Lipinski definition) is 2. The van der Waals surface area contributed by atoms with E-state index in [1.165, 1.54) is 100 Å². The first-order valence-electron chi connectivity index (χ1n) is 24.5. The normalized spacial score (nSPS) is 14.1. The first-order chi connectivity index (χ1) is 34.5. The van der Waals surface area contributed by atoms with Gasteiger partial charge in [0.25, 0.3) is 0 Å². The van der Waals surface area contributed by atoms with Crippen molar-refractivity contribution in [3.8, 4) is 44.5 Å². The lowest BCUT2D eigenvalue weighted by atomic mass is 9.64. The molecule has 14 rings (SSSR count). The van der Waals surface area contributed by atoms with E-state index in [1.54, 1.807) is 0 Å². The lowest BCUT2D eigenvalue weighted by molar-refractivity contribution is 0.660. The van der Waals surface area contributed by atoms with E-state index in [2.05, 4.69) is 278 Å². The summed E-state index contributed by atoms with van der Waals surface area (Å²) >= 11 is 0. The highest BCUT2D eigenvalue weighted by Gasteiger charge is 2.52. The summed E-state index contributed by atoms with van der Waals surface area (Å²) in [6, 6.07) is 94.8. The van der Waals surface area contributed by atoms with Gasteiger partial charge in [-0.3, -0.25) is 0 Å². The third-order valence-corrected chi connectivity index (χ3v) is 15.7. The molecule has 0 fully saturated rings. The minimum Gasteiger partial charge on any atom is -0.310 e. The molecule has 2 heteroatoms. The van der Waals surface area contributed by atoms with E-state index < -0.39 is 5.41 Å². The van der Waals surface area contributed by atoms with Gasteiger partial charge in [0.05, 0.1) is 22.5 Å². The van der Waals surface area contributed by atoms with E-state index in [9.17, 15) is 0 Å². The minimum absolute atomic E-state index is 0.250. The highest BCUT2D eigenvalue weighted by Crippen LogP contribution is 2.65. The first kappa shape index (κ1) is 40.4. The molecule has 0 amide bonds. The van der Waals surface area contributed by atoms with Crippen LogP contribution in [-0.2, 0) is 10.8 Å². The number of rotatable bonds is 6. The fourth-order valence-corrected chi connectivity index (χ4v) is 12.5. The fourth-order valence-electron chi connectivity index (χ4n) is 12.5. The molecule has 11 aromatic carbocycles. The molecule has 3 aliphatic rings. The largest absolute Gasteiger partial charge is 0.310 e. The van der Waals surface area contributed by atoms with Gasteiger partial charge in [0.2, 0.25) is 0 Å². The number of anilines is 6. The summed E-state index contributed by atoms with van der Waals surface area (Å²) in [5, 5.41) is 2.54. The van der Waals surface area contributed by atoms with E-state index in [-0.39, 0.29) is 5.41 Å². The van der Waals surface area contributed by atoms with Gasteiger partial charge < -0.3 is 9.80 Å². The quantitative estimate of drug-likeness (QED) is 0.164. The molecule has 0 bridgehead atoms. The van der Waals surface area contributed by atoms with E-state index in [4.69, 9.17) is 0 Å². The Morgan fingerprint density at radius 1 is 0.343 bits per heavy atom. The van der Waals surface area contributed by atoms with Crippen LogP contribution in [0.4, 0.5) is 34.1 Å². The number of nitrogens with zero attached hydrogens (tertiary/aromatic N) is 2. The molecule has 0 unspecified atom stereocenters. The average molecular weight is 893 g/mol. The highest BCUT2D eigenvalue weighted by atomic mass is 15.2. The Balaban J connectivity index is 0.982. The van der Waals surface area contributed by atoms with Crippen molar-refractivity contribution in [3.05, 3.63) is 288 Å². The number of fused-ring (bicyclic) bond motifs is 13. The Kier molecular flexibility index (Phi) is 8.88. The third kappa shape index (κ3) is 5.74. The van der Waals surface area contributed by atoms with Crippen LogP contribution in [0.1, 0.15) is 47.2 Å². The van der Waals surface area contributed by atoms with E-state index >= 15 is 0 Å². The Labute approximate surface area is 410 Å². The molecular formula is C68H48N2. The standard InChI is InChI=1S/C68H48N2/c1-67(2)61-43-48(53-27-17-22-47-21-9-10-25-52(47)53)37-41-54(61)55-42-40-51(44-62(55)67)69(50-38-35-46(36-39-50)45-19-5-3-6-20-45)65-34-18-31-60-66(65)56-26-11-12-28-57(56)68(60)58-29-13-15-32-63(58)70(49-23-7-4-8-24-49)64-33-16-14-30-59(64)68/h3-44H,1-2H3. The van der Waals surface area contributed by atoms with Crippen molar-refractivity contribution >= 4 is 44.9 Å². The molecule has 1 spiro atoms. The van der Waals surface area contributed by atoms with Gasteiger partial charge in [-0.1, -0.05) is 208 Å². The van der Waals surface area contributed by atoms with E-state index in [1.807, 2.05) is 0 Å². The fraction of sp³-hybridized carbons (Fsp3) is 0.0588. The third-order valence-electron chi connectivity index (χ3n) is 15.7. The molecular weight excluding hydrogens is 845 g/mol. The van der Waals surface area contributed by atoms with Crippen LogP contribution < -0.4 is 9.80 Å². The SMILES string of the molecule is CC1(C)c2cc(-c3cccc4ccccc34)ccc2-c2ccc(N(c3ccc(-c4ccccc4)cc3)c3cccc4c3-c3ccccc3C43c4ccccc4N(c4ccccc4)c4ccccc43)cc21. The van der Waals surface area contributed by atoms with Crippen molar-refractivity contribution in [1.29, 1.82) is 0 Å². The maximum absolute atomic E-state index is 2.53. The first-order valence-corrected chi connectivity index (χ1v) is 24.5. The molecule has 0 radical (unpaired) electrons. The minimum atomic E-state index is -0.577. The zero-order valence-corrected chi connectivity index (χ0v) is 39.1.